The van der Waals surface area contributed by atoms with E-state index >= 15 is 0 Å². The molecule has 0 unspecified atom stereocenters. The van der Waals surface area contributed by atoms with E-state index < -0.39 is 0 Å². The number of thioether (sulfide) groups is 1. The van der Waals surface area contributed by atoms with E-state index in [4.69, 9.17) is 4.74 Å². The van der Waals surface area contributed by atoms with Gasteiger partial charge >= 0.3 is 0 Å². The Labute approximate surface area is 145 Å². The summed E-state index contributed by atoms with van der Waals surface area (Å²) in [5, 5.41) is 5.28. The summed E-state index contributed by atoms with van der Waals surface area (Å²) in [4.78, 5) is 15.0. The fourth-order valence-electron chi connectivity index (χ4n) is 3.03. The highest BCUT2D eigenvalue weighted by molar-refractivity contribution is 7.98. The number of carbonyl (C=O) groups is 1. The van der Waals surface area contributed by atoms with Crippen molar-refractivity contribution in [1.82, 2.24) is 5.32 Å². The number of thiophene rings is 1. The molecule has 1 aliphatic rings. The van der Waals surface area contributed by atoms with Gasteiger partial charge in [-0.2, -0.15) is 0 Å². The average molecular weight is 348 g/mol. The fraction of sp³-hybridized carbons (Fsp3) is 0.389. The van der Waals surface area contributed by atoms with Crippen molar-refractivity contribution < 1.29 is 9.53 Å². The Balaban J connectivity index is 1.75. The van der Waals surface area contributed by atoms with Crippen LogP contribution >= 0.6 is 23.1 Å². The molecule has 1 amide bonds. The van der Waals surface area contributed by atoms with Gasteiger partial charge in [-0.25, -0.2) is 0 Å². The van der Waals surface area contributed by atoms with E-state index in [1.165, 1.54) is 4.88 Å². The summed E-state index contributed by atoms with van der Waals surface area (Å²) in [6, 6.07) is 12.0. The molecule has 5 heteroatoms. The van der Waals surface area contributed by atoms with Gasteiger partial charge in [0.05, 0.1) is 5.56 Å². The van der Waals surface area contributed by atoms with Crippen molar-refractivity contribution in [2.45, 2.75) is 23.2 Å². The fourth-order valence-corrected chi connectivity index (χ4v) is 4.61. The number of nitrogens with one attached hydrogen (secondary N) is 1. The highest BCUT2D eigenvalue weighted by Crippen LogP contribution is 2.37. The first-order chi connectivity index (χ1) is 11.2. The van der Waals surface area contributed by atoms with Crippen LogP contribution in [0, 0.1) is 0 Å². The Kier molecular flexibility index (Phi) is 5.41. The summed E-state index contributed by atoms with van der Waals surface area (Å²) in [5.41, 5.74) is 0.768. The van der Waals surface area contributed by atoms with Gasteiger partial charge in [0.2, 0.25) is 0 Å². The average Bonchev–Trinajstić information content (AvgIpc) is 3.16. The van der Waals surface area contributed by atoms with Gasteiger partial charge in [-0.05, 0) is 42.7 Å². The number of benzene rings is 1. The summed E-state index contributed by atoms with van der Waals surface area (Å²) in [5.74, 6) is 0.0115. The SMILES string of the molecule is CSc1ccccc1C(=O)NCC1(c2cccs2)CCOCC1. The minimum absolute atomic E-state index is 0.0103. The maximum absolute atomic E-state index is 12.6. The van der Waals surface area contributed by atoms with Crippen LogP contribution in [0.5, 0.6) is 0 Å². The number of hydrogen-bond acceptors (Lipinski definition) is 4. The van der Waals surface area contributed by atoms with Crippen molar-refractivity contribution in [3.63, 3.8) is 0 Å². The van der Waals surface area contributed by atoms with Gasteiger partial charge in [-0.1, -0.05) is 18.2 Å². The van der Waals surface area contributed by atoms with Gasteiger partial charge in [0.25, 0.3) is 5.91 Å². The number of carbonyl (C=O) groups excluding carboxylic acids is 1. The van der Waals surface area contributed by atoms with Crippen molar-refractivity contribution in [3.8, 4) is 0 Å². The van der Waals surface area contributed by atoms with Gasteiger partial charge in [0, 0.05) is 34.9 Å². The molecule has 1 saturated heterocycles. The summed E-state index contributed by atoms with van der Waals surface area (Å²) < 4.78 is 5.54. The molecule has 23 heavy (non-hydrogen) atoms. The van der Waals surface area contributed by atoms with Crippen LogP contribution in [0.2, 0.25) is 0 Å². The van der Waals surface area contributed by atoms with Gasteiger partial charge < -0.3 is 10.1 Å². The molecular weight excluding hydrogens is 326 g/mol. The first kappa shape index (κ1) is 16.6. The Bertz CT molecular complexity index is 649. The Morgan fingerprint density at radius 3 is 2.74 bits per heavy atom. The lowest BCUT2D eigenvalue weighted by molar-refractivity contribution is 0.0498. The lowest BCUT2D eigenvalue weighted by Gasteiger charge is -2.36. The number of amides is 1. The van der Waals surface area contributed by atoms with Gasteiger partial charge in [-0.3, -0.25) is 4.79 Å². The molecule has 0 bridgehead atoms. The van der Waals surface area contributed by atoms with Crippen LogP contribution in [0.15, 0.2) is 46.7 Å². The molecule has 1 aromatic heterocycles. The molecule has 1 fully saturated rings. The smallest absolute Gasteiger partial charge is 0.252 e. The van der Waals surface area contributed by atoms with Crippen LogP contribution in [0.4, 0.5) is 0 Å². The first-order valence-electron chi connectivity index (χ1n) is 7.78. The number of ether oxygens (including phenoxy) is 1. The van der Waals surface area contributed by atoms with Crippen LogP contribution in [0.25, 0.3) is 0 Å². The zero-order valence-electron chi connectivity index (χ0n) is 13.2. The molecule has 0 saturated carbocycles. The van der Waals surface area contributed by atoms with Crippen molar-refractivity contribution >= 4 is 29.0 Å². The predicted octanol–water partition coefficient (Wildman–Crippen LogP) is 3.95. The summed E-state index contributed by atoms with van der Waals surface area (Å²) in [7, 11) is 0. The summed E-state index contributed by atoms with van der Waals surface area (Å²) in [6.07, 6.45) is 3.91. The van der Waals surface area contributed by atoms with Crippen molar-refractivity contribution in [1.29, 1.82) is 0 Å². The minimum Gasteiger partial charge on any atom is -0.381 e. The third kappa shape index (κ3) is 3.62. The van der Waals surface area contributed by atoms with Crippen molar-refractivity contribution in [2.75, 3.05) is 26.0 Å². The largest absolute Gasteiger partial charge is 0.381 e. The van der Waals surface area contributed by atoms with E-state index in [1.54, 1.807) is 23.1 Å². The zero-order valence-corrected chi connectivity index (χ0v) is 14.8. The van der Waals surface area contributed by atoms with Crippen molar-refractivity contribution in [2.24, 2.45) is 0 Å². The van der Waals surface area contributed by atoms with E-state index in [1.807, 2.05) is 30.5 Å². The molecule has 122 valence electrons. The van der Waals surface area contributed by atoms with Crippen molar-refractivity contribution in [3.05, 3.63) is 52.2 Å². The highest BCUT2D eigenvalue weighted by atomic mass is 32.2. The van der Waals surface area contributed by atoms with E-state index in [-0.39, 0.29) is 11.3 Å². The normalized spacial score (nSPS) is 16.9. The Hall–Kier alpha value is -1.30. The standard InChI is InChI=1S/C18H21NO2S2/c1-22-15-6-3-2-5-14(15)17(20)19-13-18(8-10-21-11-9-18)16-7-4-12-23-16/h2-7,12H,8-11,13H2,1H3,(H,19,20). The second kappa shape index (κ2) is 7.51. The van der Waals surface area contributed by atoms with Gasteiger partial charge in [0.15, 0.2) is 0 Å². The van der Waals surface area contributed by atoms with E-state index in [0.29, 0.717) is 6.54 Å². The highest BCUT2D eigenvalue weighted by Gasteiger charge is 2.35. The first-order valence-corrected chi connectivity index (χ1v) is 9.88. The molecule has 3 rings (SSSR count). The van der Waals surface area contributed by atoms with Crippen LogP contribution in [-0.2, 0) is 10.2 Å². The van der Waals surface area contributed by atoms with Crippen LogP contribution in [-0.4, -0.2) is 31.9 Å². The monoisotopic (exact) mass is 347 g/mol. The van der Waals surface area contributed by atoms with Crippen LogP contribution < -0.4 is 5.32 Å². The Morgan fingerprint density at radius 2 is 2.04 bits per heavy atom. The molecule has 1 N–H and O–H groups in total. The third-order valence-corrected chi connectivity index (χ3v) is 6.34. The second-order valence-electron chi connectivity index (χ2n) is 5.75. The summed E-state index contributed by atoms with van der Waals surface area (Å²) in [6.45, 7) is 2.18. The molecule has 0 radical (unpaired) electrons. The van der Waals surface area contributed by atoms with Gasteiger partial charge in [0.1, 0.15) is 0 Å². The topological polar surface area (TPSA) is 38.3 Å². The number of rotatable bonds is 5. The third-order valence-electron chi connectivity index (χ3n) is 4.43. The maximum Gasteiger partial charge on any atom is 0.252 e. The van der Waals surface area contributed by atoms with E-state index in [2.05, 4.69) is 22.8 Å². The Morgan fingerprint density at radius 1 is 1.26 bits per heavy atom. The maximum atomic E-state index is 12.6. The second-order valence-corrected chi connectivity index (χ2v) is 7.55. The van der Waals surface area contributed by atoms with E-state index in [9.17, 15) is 4.79 Å². The van der Waals surface area contributed by atoms with Gasteiger partial charge in [-0.15, -0.1) is 23.1 Å². The minimum atomic E-state index is 0.0103. The molecule has 0 aliphatic carbocycles. The zero-order chi connectivity index (χ0) is 16.1. The molecule has 0 atom stereocenters. The number of hydrogen-bond donors (Lipinski definition) is 1. The molecule has 2 heterocycles. The molecule has 0 spiro atoms. The quantitative estimate of drug-likeness (QED) is 0.833. The lowest BCUT2D eigenvalue weighted by Crippen LogP contribution is -2.44. The molecule has 1 aromatic carbocycles. The van der Waals surface area contributed by atoms with Crippen LogP contribution in [0.3, 0.4) is 0 Å². The molecule has 2 aromatic rings. The molecular formula is C18H21NO2S2. The van der Waals surface area contributed by atoms with E-state index in [0.717, 1.165) is 36.5 Å². The predicted molar refractivity (Wildman–Crippen MR) is 96.6 cm³/mol. The molecule has 1 aliphatic heterocycles. The molecule has 3 nitrogen and oxygen atoms in total. The summed E-state index contributed by atoms with van der Waals surface area (Å²) >= 11 is 3.38. The van der Waals surface area contributed by atoms with Crippen LogP contribution in [0.1, 0.15) is 28.1 Å². The lowest BCUT2D eigenvalue weighted by atomic mass is 9.78.